The molecule has 0 bridgehead atoms. The van der Waals surface area contributed by atoms with Gasteiger partial charge in [0.2, 0.25) is 0 Å². The fraction of sp³-hybridized carbons (Fsp3) is 0.133. The van der Waals surface area contributed by atoms with Crippen molar-refractivity contribution < 1.29 is 9.53 Å². The first-order valence-corrected chi connectivity index (χ1v) is 6.84. The number of carbonyl (C=O) groups is 1. The Hall–Kier alpha value is -1.32. The minimum Gasteiger partial charge on any atom is -0.496 e. The summed E-state index contributed by atoms with van der Waals surface area (Å²) in [6, 6.07) is 10.5. The van der Waals surface area contributed by atoms with Crippen molar-refractivity contribution in [2.45, 2.75) is 6.92 Å². The number of halogens is 2. The summed E-state index contributed by atoms with van der Waals surface area (Å²) in [5.41, 5.74) is 2.14. The van der Waals surface area contributed by atoms with Gasteiger partial charge in [-0.05, 0) is 36.8 Å². The average molecular weight is 340 g/mol. The molecule has 0 saturated heterocycles. The van der Waals surface area contributed by atoms with E-state index >= 15 is 0 Å². The molecule has 0 amide bonds. The minimum absolute atomic E-state index is 0.111. The maximum atomic E-state index is 12.5. The van der Waals surface area contributed by atoms with E-state index in [0.29, 0.717) is 21.9 Å². The van der Waals surface area contributed by atoms with E-state index in [2.05, 4.69) is 15.9 Å². The van der Waals surface area contributed by atoms with E-state index in [1.807, 2.05) is 13.0 Å². The van der Waals surface area contributed by atoms with Crippen LogP contribution in [0.1, 0.15) is 21.5 Å². The molecule has 2 nitrogen and oxygen atoms in total. The van der Waals surface area contributed by atoms with Gasteiger partial charge in [-0.3, -0.25) is 4.79 Å². The molecule has 0 unspecified atom stereocenters. The molecule has 98 valence electrons. The van der Waals surface area contributed by atoms with Gasteiger partial charge in [-0.1, -0.05) is 39.7 Å². The molecule has 19 heavy (non-hydrogen) atoms. The smallest absolute Gasteiger partial charge is 0.196 e. The van der Waals surface area contributed by atoms with Gasteiger partial charge in [0.05, 0.1) is 12.7 Å². The summed E-state index contributed by atoms with van der Waals surface area (Å²) in [6.07, 6.45) is 0. The summed E-state index contributed by atoms with van der Waals surface area (Å²) < 4.78 is 6.11. The lowest BCUT2D eigenvalue weighted by atomic mass is 10.0. The van der Waals surface area contributed by atoms with E-state index in [4.69, 9.17) is 16.3 Å². The predicted octanol–water partition coefficient (Wildman–Crippen LogP) is 4.65. The van der Waals surface area contributed by atoms with Crippen molar-refractivity contribution >= 4 is 33.3 Å². The Balaban J connectivity index is 2.49. The van der Waals surface area contributed by atoms with Gasteiger partial charge in [0.15, 0.2) is 5.78 Å². The Bertz CT molecular complexity index is 638. The van der Waals surface area contributed by atoms with E-state index in [9.17, 15) is 4.79 Å². The van der Waals surface area contributed by atoms with Crippen LogP contribution in [0, 0.1) is 6.92 Å². The second-order valence-electron chi connectivity index (χ2n) is 4.14. The highest BCUT2D eigenvalue weighted by molar-refractivity contribution is 9.10. The van der Waals surface area contributed by atoms with Crippen LogP contribution in [0.2, 0.25) is 5.02 Å². The summed E-state index contributed by atoms with van der Waals surface area (Å²) in [5, 5.41) is 0.510. The van der Waals surface area contributed by atoms with Gasteiger partial charge >= 0.3 is 0 Å². The summed E-state index contributed by atoms with van der Waals surface area (Å²) in [6.45, 7) is 1.97. The Kier molecular flexibility index (Phi) is 4.27. The van der Waals surface area contributed by atoms with Crippen molar-refractivity contribution in [1.82, 2.24) is 0 Å². The zero-order valence-electron chi connectivity index (χ0n) is 10.5. The number of ether oxygens (including phenoxy) is 1. The van der Waals surface area contributed by atoms with Gasteiger partial charge in [-0.2, -0.15) is 0 Å². The van der Waals surface area contributed by atoms with E-state index in [1.165, 1.54) is 7.11 Å². The number of hydrogen-bond donors (Lipinski definition) is 0. The molecule has 0 N–H and O–H groups in total. The lowest BCUT2D eigenvalue weighted by Gasteiger charge is -2.09. The fourth-order valence-electron chi connectivity index (χ4n) is 1.75. The van der Waals surface area contributed by atoms with Gasteiger partial charge in [-0.25, -0.2) is 0 Å². The minimum atomic E-state index is -0.111. The van der Waals surface area contributed by atoms with Gasteiger partial charge in [0.25, 0.3) is 0 Å². The summed E-state index contributed by atoms with van der Waals surface area (Å²) in [7, 11) is 1.53. The number of carbonyl (C=O) groups excluding carboxylic acids is 1. The molecule has 0 saturated carbocycles. The zero-order valence-corrected chi connectivity index (χ0v) is 12.9. The normalized spacial score (nSPS) is 10.3. The molecular formula is C15H12BrClO2. The molecule has 2 aromatic rings. The first-order valence-electron chi connectivity index (χ1n) is 5.67. The predicted molar refractivity (Wildman–Crippen MR) is 80.3 cm³/mol. The molecule has 0 heterocycles. The van der Waals surface area contributed by atoms with E-state index in [0.717, 1.165) is 10.0 Å². The highest BCUT2D eigenvalue weighted by Crippen LogP contribution is 2.26. The number of methoxy groups -OCH3 is 1. The van der Waals surface area contributed by atoms with E-state index < -0.39 is 0 Å². The Morgan fingerprint density at radius 2 is 1.95 bits per heavy atom. The van der Waals surface area contributed by atoms with Crippen LogP contribution < -0.4 is 4.74 Å². The monoisotopic (exact) mass is 338 g/mol. The van der Waals surface area contributed by atoms with Crippen LogP contribution >= 0.6 is 27.5 Å². The van der Waals surface area contributed by atoms with E-state index in [-0.39, 0.29) is 5.78 Å². The third-order valence-corrected chi connectivity index (χ3v) is 3.93. The van der Waals surface area contributed by atoms with E-state index in [1.54, 1.807) is 30.3 Å². The topological polar surface area (TPSA) is 26.3 Å². The molecule has 0 fully saturated rings. The van der Waals surface area contributed by atoms with Gasteiger partial charge in [0.1, 0.15) is 5.75 Å². The van der Waals surface area contributed by atoms with Crippen molar-refractivity contribution in [1.29, 1.82) is 0 Å². The first-order chi connectivity index (χ1) is 9.02. The average Bonchev–Trinajstić information content (AvgIpc) is 2.41. The van der Waals surface area contributed by atoms with Crippen molar-refractivity contribution in [2.24, 2.45) is 0 Å². The van der Waals surface area contributed by atoms with Crippen LogP contribution in [0.15, 0.2) is 40.9 Å². The second kappa shape index (κ2) is 5.76. The number of ketones is 1. The second-order valence-corrected chi connectivity index (χ2v) is 5.43. The quantitative estimate of drug-likeness (QED) is 0.761. The Labute approximate surface area is 125 Å². The van der Waals surface area contributed by atoms with Gasteiger partial charge in [0, 0.05) is 15.1 Å². The highest BCUT2D eigenvalue weighted by Gasteiger charge is 2.15. The van der Waals surface area contributed by atoms with Crippen molar-refractivity contribution in [3.05, 3.63) is 62.6 Å². The Morgan fingerprint density at radius 1 is 1.21 bits per heavy atom. The zero-order chi connectivity index (χ0) is 14.0. The molecule has 0 atom stereocenters. The van der Waals surface area contributed by atoms with Gasteiger partial charge < -0.3 is 4.74 Å². The molecule has 0 aliphatic rings. The number of aryl methyl sites for hydroxylation is 1. The van der Waals surface area contributed by atoms with Crippen LogP contribution in [0.4, 0.5) is 0 Å². The molecule has 4 heteroatoms. The molecular weight excluding hydrogens is 328 g/mol. The van der Waals surface area contributed by atoms with Crippen LogP contribution in [0.3, 0.4) is 0 Å². The third kappa shape index (κ3) is 2.99. The number of hydrogen-bond acceptors (Lipinski definition) is 2. The standard InChI is InChI=1S/C15H12BrClO2/c1-9-3-4-10(7-13(9)16)15(18)12-8-11(17)5-6-14(12)19-2/h3-8H,1-2H3. The third-order valence-electron chi connectivity index (χ3n) is 2.84. The fourth-order valence-corrected chi connectivity index (χ4v) is 2.30. The molecule has 0 aliphatic heterocycles. The first kappa shape index (κ1) is 14.1. The number of rotatable bonds is 3. The lowest BCUT2D eigenvalue weighted by molar-refractivity contribution is 0.103. The summed E-state index contributed by atoms with van der Waals surface area (Å²) in [5.74, 6) is 0.408. The largest absolute Gasteiger partial charge is 0.496 e. The maximum absolute atomic E-state index is 12.5. The van der Waals surface area contributed by atoms with Crippen molar-refractivity contribution in [3.8, 4) is 5.75 Å². The van der Waals surface area contributed by atoms with Crippen molar-refractivity contribution in [2.75, 3.05) is 7.11 Å². The molecule has 0 aromatic heterocycles. The summed E-state index contributed by atoms with van der Waals surface area (Å²) in [4.78, 5) is 12.5. The van der Waals surface area contributed by atoms with Crippen molar-refractivity contribution in [3.63, 3.8) is 0 Å². The molecule has 2 rings (SSSR count). The molecule has 2 aromatic carbocycles. The SMILES string of the molecule is COc1ccc(Cl)cc1C(=O)c1ccc(C)c(Br)c1. The molecule has 0 spiro atoms. The van der Waals surface area contributed by atoms with Crippen LogP contribution in [-0.2, 0) is 0 Å². The molecule has 0 aliphatic carbocycles. The Morgan fingerprint density at radius 3 is 2.58 bits per heavy atom. The van der Waals surface area contributed by atoms with Crippen LogP contribution in [0.25, 0.3) is 0 Å². The van der Waals surface area contributed by atoms with Gasteiger partial charge in [-0.15, -0.1) is 0 Å². The van der Waals surface area contributed by atoms with Crippen LogP contribution in [0.5, 0.6) is 5.75 Å². The molecule has 0 radical (unpaired) electrons. The highest BCUT2D eigenvalue weighted by atomic mass is 79.9. The number of benzene rings is 2. The lowest BCUT2D eigenvalue weighted by Crippen LogP contribution is -2.04. The summed E-state index contributed by atoms with van der Waals surface area (Å²) >= 11 is 9.37. The maximum Gasteiger partial charge on any atom is 0.196 e. The van der Waals surface area contributed by atoms with Crippen LogP contribution in [-0.4, -0.2) is 12.9 Å².